The number of methoxy groups -OCH3 is 1. The SMILES string of the molecule is COc1cccc(C2C3=C(N=c4sc(=Cc5cccc([N+](=O)[O-])c5)c(=O)n42)c2ccccc2CC3)c1. The highest BCUT2D eigenvalue weighted by molar-refractivity contribution is 7.07. The molecule has 1 aromatic heterocycles. The summed E-state index contributed by atoms with van der Waals surface area (Å²) in [6, 6.07) is 22.1. The van der Waals surface area contributed by atoms with Crippen LogP contribution < -0.4 is 19.6 Å². The first-order chi connectivity index (χ1) is 17.5. The first-order valence-corrected chi connectivity index (χ1v) is 12.4. The first kappa shape index (κ1) is 22.2. The van der Waals surface area contributed by atoms with E-state index in [0.29, 0.717) is 14.9 Å². The highest BCUT2D eigenvalue weighted by Gasteiger charge is 2.32. The van der Waals surface area contributed by atoms with Crippen molar-refractivity contribution in [3.8, 4) is 5.75 Å². The molecular formula is C28H21N3O4S. The molecule has 6 rings (SSSR count). The Balaban J connectivity index is 1.61. The van der Waals surface area contributed by atoms with Crippen molar-refractivity contribution in [1.82, 2.24) is 4.57 Å². The Morgan fingerprint density at radius 2 is 1.92 bits per heavy atom. The standard InChI is InChI=1S/C28H21N3O4S/c1-35-21-10-5-8-19(16-21)26-23-13-12-18-7-2-3-11-22(18)25(23)29-28-30(26)27(32)24(36-28)15-17-6-4-9-20(14-17)31(33)34/h2-11,14-16,26H,12-13H2,1H3. The highest BCUT2D eigenvalue weighted by Crippen LogP contribution is 2.41. The summed E-state index contributed by atoms with van der Waals surface area (Å²) in [5.41, 5.74) is 5.76. The molecule has 0 radical (unpaired) electrons. The molecule has 4 aromatic rings. The zero-order valence-corrected chi connectivity index (χ0v) is 20.2. The fourth-order valence-corrected chi connectivity index (χ4v) is 6.01. The zero-order chi connectivity index (χ0) is 24.8. The number of aryl methyl sites for hydroxylation is 1. The number of ether oxygens (including phenoxy) is 1. The van der Waals surface area contributed by atoms with Crippen molar-refractivity contribution in [2.45, 2.75) is 18.9 Å². The Morgan fingerprint density at radius 1 is 1.08 bits per heavy atom. The van der Waals surface area contributed by atoms with E-state index in [2.05, 4.69) is 12.1 Å². The Kier molecular flexibility index (Phi) is 5.38. The first-order valence-electron chi connectivity index (χ1n) is 11.5. The summed E-state index contributed by atoms with van der Waals surface area (Å²) in [6.07, 6.45) is 3.38. The Morgan fingerprint density at radius 3 is 2.75 bits per heavy atom. The molecule has 0 saturated carbocycles. The number of benzene rings is 3. The molecule has 3 aromatic carbocycles. The summed E-state index contributed by atoms with van der Waals surface area (Å²) < 4.78 is 7.73. The average molecular weight is 496 g/mol. The van der Waals surface area contributed by atoms with Crippen molar-refractivity contribution in [1.29, 1.82) is 0 Å². The summed E-state index contributed by atoms with van der Waals surface area (Å²) in [4.78, 5) is 30.2. The predicted molar refractivity (Wildman–Crippen MR) is 139 cm³/mol. The number of nitro benzene ring substituents is 1. The van der Waals surface area contributed by atoms with Crippen LogP contribution in [0, 0.1) is 10.1 Å². The van der Waals surface area contributed by atoms with Crippen LogP contribution in [0.1, 0.15) is 34.7 Å². The van der Waals surface area contributed by atoms with E-state index >= 15 is 0 Å². The molecule has 0 amide bonds. The molecule has 0 saturated heterocycles. The normalized spacial score (nSPS) is 16.6. The lowest BCUT2D eigenvalue weighted by molar-refractivity contribution is -0.384. The van der Waals surface area contributed by atoms with E-state index in [1.165, 1.54) is 29.0 Å². The van der Waals surface area contributed by atoms with Crippen LogP contribution in [0.5, 0.6) is 5.75 Å². The molecule has 0 bridgehead atoms. The Labute approximate surface area is 210 Å². The van der Waals surface area contributed by atoms with Crippen molar-refractivity contribution < 1.29 is 9.66 Å². The number of nitrogens with zero attached hydrogens (tertiary/aromatic N) is 3. The molecule has 1 aliphatic carbocycles. The average Bonchev–Trinajstić information content (AvgIpc) is 3.21. The van der Waals surface area contributed by atoms with E-state index in [-0.39, 0.29) is 17.3 Å². The van der Waals surface area contributed by atoms with Crippen molar-refractivity contribution in [2.24, 2.45) is 4.99 Å². The molecule has 2 heterocycles. The number of nitro groups is 1. The molecule has 178 valence electrons. The number of aromatic nitrogens is 1. The molecule has 0 fully saturated rings. The van der Waals surface area contributed by atoms with Crippen LogP contribution in [0.15, 0.2) is 88.2 Å². The molecule has 0 N–H and O–H groups in total. The fraction of sp³-hybridized carbons (Fsp3) is 0.143. The number of fused-ring (bicyclic) bond motifs is 3. The highest BCUT2D eigenvalue weighted by atomic mass is 32.1. The van der Waals surface area contributed by atoms with E-state index in [9.17, 15) is 14.9 Å². The Hall–Kier alpha value is -4.30. The fourth-order valence-electron chi connectivity index (χ4n) is 5.01. The lowest BCUT2D eigenvalue weighted by Gasteiger charge is -2.31. The van der Waals surface area contributed by atoms with Gasteiger partial charge in [0.15, 0.2) is 4.80 Å². The van der Waals surface area contributed by atoms with Gasteiger partial charge in [-0.1, -0.05) is 59.9 Å². The van der Waals surface area contributed by atoms with Gasteiger partial charge in [-0.3, -0.25) is 19.5 Å². The van der Waals surface area contributed by atoms with Gasteiger partial charge in [0.1, 0.15) is 5.75 Å². The number of rotatable bonds is 4. The maximum atomic E-state index is 13.8. The van der Waals surface area contributed by atoms with Crippen molar-refractivity contribution >= 4 is 28.8 Å². The van der Waals surface area contributed by atoms with Gasteiger partial charge in [-0.2, -0.15) is 0 Å². The van der Waals surface area contributed by atoms with E-state index in [1.54, 1.807) is 29.9 Å². The quantitative estimate of drug-likeness (QED) is 0.313. The molecule has 8 heteroatoms. The van der Waals surface area contributed by atoms with Crippen LogP contribution in [0.3, 0.4) is 0 Å². The van der Waals surface area contributed by atoms with Crippen LogP contribution in [0.25, 0.3) is 11.8 Å². The summed E-state index contributed by atoms with van der Waals surface area (Å²) in [6.45, 7) is 0. The largest absolute Gasteiger partial charge is 0.497 e. The molecular weight excluding hydrogens is 474 g/mol. The van der Waals surface area contributed by atoms with Crippen LogP contribution in [0.4, 0.5) is 5.69 Å². The second-order valence-electron chi connectivity index (χ2n) is 8.74. The van der Waals surface area contributed by atoms with Gasteiger partial charge in [-0.25, -0.2) is 4.99 Å². The van der Waals surface area contributed by atoms with Gasteiger partial charge in [0.05, 0.1) is 28.3 Å². The van der Waals surface area contributed by atoms with Crippen LogP contribution in [0.2, 0.25) is 0 Å². The lowest BCUT2D eigenvalue weighted by Crippen LogP contribution is -2.38. The number of thiazole rings is 1. The molecule has 7 nitrogen and oxygen atoms in total. The number of hydrogen-bond donors (Lipinski definition) is 0. The zero-order valence-electron chi connectivity index (χ0n) is 19.4. The van der Waals surface area contributed by atoms with Crippen molar-refractivity contribution in [3.05, 3.63) is 130 Å². The van der Waals surface area contributed by atoms with Crippen LogP contribution >= 0.6 is 11.3 Å². The minimum Gasteiger partial charge on any atom is -0.497 e. The maximum Gasteiger partial charge on any atom is 0.271 e. The van der Waals surface area contributed by atoms with Crippen LogP contribution in [-0.4, -0.2) is 16.6 Å². The van der Waals surface area contributed by atoms with Crippen LogP contribution in [-0.2, 0) is 6.42 Å². The van der Waals surface area contributed by atoms with Gasteiger partial charge in [-0.15, -0.1) is 0 Å². The molecule has 0 spiro atoms. The maximum absolute atomic E-state index is 13.8. The molecule has 36 heavy (non-hydrogen) atoms. The molecule has 1 unspecified atom stereocenters. The molecule has 2 aliphatic rings. The molecule has 1 aliphatic heterocycles. The van der Waals surface area contributed by atoms with Gasteiger partial charge in [0, 0.05) is 17.7 Å². The summed E-state index contributed by atoms with van der Waals surface area (Å²) >= 11 is 1.30. The predicted octanol–water partition coefficient (Wildman–Crippen LogP) is 4.24. The third-order valence-electron chi connectivity index (χ3n) is 6.66. The van der Waals surface area contributed by atoms with Gasteiger partial charge in [0.25, 0.3) is 11.2 Å². The van der Waals surface area contributed by atoms with Gasteiger partial charge in [0.2, 0.25) is 0 Å². The summed E-state index contributed by atoms with van der Waals surface area (Å²) in [5.74, 6) is 0.724. The van der Waals surface area contributed by atoms with E-state index in [0.717, 1.165) is 41.0 Å². The minimum atomic E-state index is -0.437. The number of non-ortho nitro benzene ring substituents is 1. The Bertz CT molecular complexity index is 1750. The van der Waals surface area contributed by atoms with Gasteiger partial charge in [-0.05, 0) is 53.3 Å². The summed E-state index contributed by atoms with van der Waals surface area (Å²) in [5, 5.41) is 11.2. The monoisotopic (exact) mass is 495 g/mol. The third-order valence-corrected chi connectivity index (χ3v) is 7.64. The van der Waals surface area contributed by atoms with E-state index < -0.39 is 4.92 Å². The second kappa shape index (κ2) is 8.73. The lowest BCUT2D eigenvalue weighted by atomic mass is 9.83. The number of allylic oxidation sites excluding steroid dienone is 1. The topological polar surface area (TPSA) is 86.7 Å². The van der Waals surface area contributed by atoms with Crippen molar-refractivity contribution in [3.63, 3.8) is 0 Å². The molecule has 1 atom stereocenters. The van der Waals surface area contributed by atoms with Gasteiger partial charge >= 0.3 is 0 Å². The third kappa shape index (κ3) is 3.67. The number of hydrogen-bond acceptors (Lipinski definition) is 6. The van der Waals surface area contributed by atoms with E-state index in [4.69, 9.17) is 9.73 Å². The van der Waals surface area contributed by atoms with Crippen molar-refractivity contribution in [2.75, 3.05) is 7.11 Å². The van der Waals surface area contributed by atoms with Gasteiger partial charge < -0.3 is 4.74 Å². The summed E-state index contributed by atoms with van der Waals surface area (Å²) in [7, 11) is 1.63. The van der Waals surface area contributed by atoms with E-state index in [1.807, 2.05) is 36.4 Å². The smallest absolute Gasteiger partial charge is 0.271 e. The second-order valence-corrected chi connectivity index (χ2v) is 9.75. The minimum absolute atomic E-state index is 0.0159.